The minimum Gasteiger partial charge on any atom is -0.399 e. The van der Waals surface area contributed by atoms with Crippen LogP contribution in [0.25, 0.3) is 0 Å². The number of carbonyl (C=O) groups excluding carboxylic acids is 1. The monoisotopic (exact) mass is 276 g/mol. The molecule has 0 bridgehead atoms. The number of nitrogens with two attached hydrogens (primary N) is 1. The number of rotatable bonds is 5. The molecule has 0 saturated carbocycles. The average Bonchev–Trinajstić information content (AvgIpc) is 2.30. The van der Waals surface area contributed by atoms with E-state index in [0.29, 0.717) is 5.69 Å². The van der Waals surface area contributed by atoms with E-state index in [1.54, 1.807) is 24.3 Å². The standard InChI is InChI=1S/C12H15F3N2O2/c1-17(6-9-2-4-10(16)5-3-9)11(18)7-19-8-12(13,14)15/h2-5H,6-8,16H2,1H3. The largest absolute Gasteiger partial charge is 0.411 e. The molecule has 1 aromatic carbocycles. The van der Waals surface area contributed by atoms with Gasteiger partial charge in [-0.15, -0.1) is 0 Å². The van der Waals surface area contributed by atoms with E-state index in [4.69, 9.17) is 5.73 Å². The highest BCUT2D eigenvalue weighted by molar-refractivity contribution is 5.77. The zero-order valence-electron chi connectivity index (χ0n) is 10.4. The first kappa shape index (κ1) is 15.3. The third-order valence-corrected chi connectivity index (χ3v) is 2.32. The summed E-state index contributed by atoms with van der Waals surface area (Å²) in [5, 5.41) is 0. The van der Waals surface area contributed by atoms with Crippen molar-refractivity contribution in [2.75, 3.05) is 26.0 Å². The first-order valence-electron chi connectivity index (χ1n) is 5.51. The third-order valence-electron chi connectivity index (χ3n) is 2.32. The number of hydrogen-bond acceptors (Lipinski definition) is 3. The van der Waals surface area contributed by atoms with Gasteiger partial charge in [-0.1, -0.05) is 12.1 Å². The average molecular weight is 276 g/mol. The number of ether oxygens (including phenoxy) is 1. The molecule has 19 heavy (non-hydrogen) atoms. The van der Waals surface area contributed by atoms with Crippen molar-refractivity contribution in [2.45, 2.75) is 12.7 Å². The van der Waals surface area contributed by atoms with Gasteiger partial charge in [0.15, 0.2) is 0 Å². The summed E-state index contributed by atoms with van der Waals surface area (Å²) >= 11 is 0. The predicted molar refractivity (Wildman–Crippen MR) is 64.2 cm³/mol. The number of hydrogen-bond donors (Lipinski definition) is 1. The summed E-state index contributed by atoms with van der Waals surface area (Å²) in [6.07, 6.45) is -4.42. The van der Waals surface area contributed by atoms with Crippen LogP contribution in [0.2, 0.25) is 0 Å². The van der Waals surface area contributed by atoms with Crippen LogP contribution in [0.5, 0.6) is 0 Å². The lowest BCUT2D eigenvalue weighted by Gasteiger charge is -2.17. The quantitative estimate of drug-likeness (QED) is 0.834. The number of anilines is 1. The van der Waals surface area contributed by atoms with Crippen molar-refractivity contribution in [3.63, 3.8) is 0 Å². The van der Waals surface area contributed by atoms with E-state index < -0.39 is 25.3 Å². The molecule has 0 radical (unpaired) electrons. The molecular weight excluding hydrogens is 261 g/mol. The fraction of sp³-hybridized carbons (Fsp3) is 0.417. The Hall–Kier alpha value is -1.76. The van der Waals surface area contributed by atoms with Crippen LogP contribution >= 0.6 is 0 Å². The molecule has 7 heteroatoms. The van der Waals surface area contributed by atoms with E-state index in [9.17, 15) is 18.0 Å². The Labute approximate surface area is 108 Å². The van der Waals surface area contributed by atoms with Crippen LogP contribution < -0.4 is 5.73 Å². The van der Waals surface area contributed by atoms with Gasteiger partial charge in [0.2, 0.25) is 5.91 Å². The number of benzene rings is 1. The zero-order valence-corrected chi connectivity index (χ0v) is 10.4. The molecular formula is C12H15F3N2O2. The minimum atomic E-state index is -4.42. The second-order valence-electron chi connectivity index (χ2n) is 4.10. The Morgan fingerprint density at radius 2 is 1.89 bits per heavy atom. The van der Waals surface area contributed by atoms with E-state index in [-0.39, 0.29) is 6.54 Å². The van der Waals surface area contributed by atoms with Crippen LogP contribution in [0.4, 0.5) is 18.9 Å². The summed E-state index contributed by atoms with van der Waals surface area (Å²) in [6.45, 7) is -1.73. The Morgan fingerprint density at radius 3 is 2.42 bits per heavy atom. The van der Waals surface area contributed by atoms with Gasteiger partial charge in [0.05, 0.1) is 0 Å². The number of amides is 1. The van der Waals surface area contributed by atoms with Crippen molar-refractivity contribution in [1.29, 1.82) is 0 Å². The van der Waals surface area contributed by atoms with Crippen molar-refractivity contribution in [2.24, 2.45) is 0 Å². The number of nitrogen functional groups attached to an aromatic ring is 1. The van der Waals surface area contributed by atoms with Gasteiger partial charge in [-0.25, -0.2) is 0 Å². The molecule has 0 aliphatic heterocycles. The van der Waals surface area contributed by atoms with Gasteiger partial charge in [0.25, 0.3) is 0 Å². The minimum absolute atomic E-state index is 0.286. The molecule has 2 N–H and O–H groups in total. The number of alkyl halides is 3. The molecule has 1 amide bonds. The topological polar surface area (TPSA) is 55.6 Å². The fourth-order valence-electron chi connectivity index (χ4n) is 1.35. The normalized spacial score (nSPS) is 11.4. The molecule has 0 heterocycles. The predicted octanol–water partition coefficient (Wildman–Crippen LogP) is 1.81. The maximum Gasteiger partial charge on any atom is 0.411 e. The van der Waals surface area contributed by atoms with Gasteiger partial charge in [0, 0.05) is 19.3 Å². The van der Waals surface area contributed by atoms with Gasteiger partial charge in [-0.05, 0) is 17.7 Å². The highest BCUT2D eigenvalue weighted by Gasteiger charge is 2.28. The number of nitrogens with zero attached hydrogens (tertiary/aromatic N) is 1. The maximum absolute atomic E-state index is 11.8. The molecule has 0 aromatic heterocycles. The molecule has 0 atom stereocenters. The lowest BCUT2D eigenvalue weighted by Crippen LogP contribution is -2.31. The van der Waals surface area contributed by atoms with Gasteiger partial charge >= 0.3 is 6.18 Å². The Balaban J connectivity index is 2.38. The number of carbonyl (C=O) groups is 1. The second kappa shape index (κ2) is 6.42. The first-order chi connectivity index (χ1) is 8.78. The lowest BCUT2D eigenvalue weighted by molar-refractivity contribution is -0.177. The Morgan fingerprint density at radius 1 is 1.32 bits per heavy atom. The SMILES string of the molecule is CN(Cc1ccc(N)cc1)C(=O)COCC(F)(F)F. The van der Waals surface area contributed by atoms with Crippen molar-refractivity contribution >= 4 is 11.6 Å². The highest BCUT2D eigenvalue weighted by Crippen LogP contribution is 2.14. The molecule has 1 rings (SSSR count). The summed E-state index contributed by atoms with van der Waals surface area (Å²) in [4.78, 5) is 12.8. The summed E-state index contributed by atoms with van der Waals surface area (Å²) in [6, 6.07) is 6.87. The van der Waals surface area contributed by atoms with Crippen LogP contribution in [0.3, 0.4) is 0 Å². The van der Waals surface area contributed by atoms with E-state index in [1.165, 1.54) is 11.9 Å². The van der Waals surface area contributed by atoms with Gasteiger partial charge in [0.1, 0.15) is 13.2 Å². The number of likely N-dealkylation sites (N-methyl/N-ethyl adjacent to an activating group) is 1. The maximum atomic E-state index is 11.8. The molecule has 0 unspecified atom stereocenters. The molecule has 0 fully saturated rings. The van der Waals surface area contributed by atoms with E-state index in [1.807, 2.05) is 0 Å². The van der Waals surface area contributed by atoms with Crippen molar-refractivity contribution in [3.05, 3.63) is 29.8 Å². The fourth-order valence-corrected chi connectivity index (χ4v) is 1.35. The first-order valence-corrected chi connectivity index (χ1v) is 5.51. The molecule has 0 aliphatic carbocycles. The van der Waals surface area contributed by atoms with Crippen LogP contribution in [-0.2, 0) is 16.1 Å². The molecule has 0 saturated heterocycles. The molecule has 4 nitrogen and oxygen atoms in total. The van der Waals surface area contributed by atoms with Gasteiger partial charge in [-0.2, -0.15) is 13.2 Å². The van der Waals surface area contributed by atoms with Crippen molar-refractivity contribution < 1.29 is 22.7 Å². The second-order valence-corrected chi connectivity index (χ2v) is 4.10. The summed E-state index contributed by atoms with van der Waals surface area (Å²) in [5.41, 5.74) is 6.95. The Kier molecular flexibility index (Phi) is 5.17. The van der Waals surface area contributed by atoms with Crippen LogP contribution in [0.1, 0.15) is 5.56 Å². The van der Waals surface area contributed by atoms with Crippen LogP contribution in [0, 0.1) is 0 Å². The Bertz CT molecular complexity index is 418. The summed E-state index contributed by atoms with van der Waals surface area (Å²) < 4.78 is 39.8. The van der Waals surface area contributed by atoms with Crippen molar-refractivity contribution in [3.8, 4) is 0 Å². The molecule has 0 spiro atoms. The zero-order chi connectivity index (χ0) is 14.5. The van der Waals surface area contributed by atoms with Crippen molar-refractivity contribution in [1.82, 2.24) is 4.90 Å². The van der Waals surface area contributed by atoms with E-state index in [2.05, 4.69) is 4.74 Å². The summed E-state index contributed by atoms with van der Waals surface area (Å²) in [5.74, 6) is -0.513. The molecule has 1 aromatic rings. The third kappa shape index (κ3) is 6.10. The van der Waals surface area contributed by atoms with E-state index in [0.717, 1.165) is 5.56 Å². The number of halogens is 3. The van der Waals surface area contributed by atoms with Gasteiger partial charge in [-0.3, -0.25) is 4.79 Å². The molecule has 106 valence electrons. The summed E-state index contributed by atoms with van der Waals surface area (Å²) in [7, 11) is 1.50. The van der Waals surface area contributed by atoms with E-state index >= 15 is 0 Å². The smallest absolute Gasteiger partial charge is 0.399 e. The highest BCUT2D eigenvalue weighted by atomic mass is 19.4. The molecule has 0 aliphatic rings. The van der Waals surface area contributed by atoms with Gasteiger partial charge < -0.3 is 15.4 Å². The van der Waals surface area contributed by atoms with Crippen LogP contribution in [0.15, 0.2) is 24.3 Å². The lowest BCUT2D eigenvalue weighted by atomic mass is 10.2. The van der Waals surface area contributed by atoms with Crippen LogP contribution in [-0.4, -0.2) is 37.2 Å².